The van der Waals surface area contributed by atoms with Gasteiger partial charge in [0.1, 0.15) is 0 Å². The molecule has 2 nitrogen and oxygen atoms in total. The maximum Gasteiger partial charge on any atom is 0.0745 e. The van der Waals surface area contributed by atoms with Crippen molar-refractivity contribution in [1.29, 1.82) is 0 Å². The van der Waals surface area contributed by atoms with Crippen LogP contribution in [0.1, 0.15) is 20.3 Å². The molecular formula is C5H10ClNO. The summed E-state index contributed by atoms with van der Waals surface area (Å²) in [5, 5.41) is 11.0. The Morgan fingerprint density at radius 1 is 1.88 bits per heavy atom. The topological polar surface area (TPSA) is 32.6 Å². The van der Waals surface area contributed by atoms with E-state index in [1.54, 1.807) is 6.92 Å². The molecule has 0 amide bonds. The monoisotopic (exact) mass is 135 g/mol. The minimum absolute atomic E-state index is 0.111. The first-order valence-corrected chi connectivity index (χ1v) is 2.98. The summed E-state index contributed by atoms with van der Waals surface area (Å²) in [7, 11) is 0. The highest BCUT2D eigenvalue weighted by atomic mass is 35.5. The fourth-order valence-electron chi connectivity index (χ4n) is 0.358. The van der Waals surface area contributed by atoms with Gasteiger partial charge < -0.3 is 5.21 Å². The van der Waals surface area contributed by atoms with Gasteiger partial charge in [-0.3, -0.25) is 0 Å². The van der Waals surface area contributed by atoms with Gasteiger partial charge in [0.15, 0.2) is 0 Å². The Balaban J connectivity index is 3.63. The second-order valence-electron chi connectivity index (χ2n) is 1.62. The molecule has 0 aliphatic heterocycles. The van der Waals surface area contributed by atoms with Gasteiger partial charge in [0.25, 0.3) is 0 Å². The van der Waals surface area contributed by atoms with E-state index in [-0.39, 0.29) is 5.38 Å². The molecule has 0 aromatic heterocycles. The Hall–Kier alpha value is -0.240. The van der Waals surface area contributed by atoms with Crippen molar-refractivity contribution in [1.82, 2.24) is 0 Å². The quantitative estimate of drug-likeness (QED) is 0.267. The Labute approximate surface area is 54.1 Å². The number of hydrogen-bond acceptors (Lipinski definition) is 2. The van der Waals surface area contributed by atoms with Crippen LogP contribution >= 0.6 is 11.6 Å². The summed E-state index contributed by atoms with van der Waals surface area (Å²) in [6, 6.07) is 0. The van der Waals surface area contributed by atoms with Gasteiger partial charge in [-0.05, 0) is 13.3 Å². The molecule has 8 heavy (non-hydrogen) atoms. The number of rotatable bonds is 2. The molecule has 0 saturated heterocycles. The summed E-state index contributed by atoms with van der Waals surface area (Å²) in [6.07, 6.45) is 0.803. The van der Waals surface area contributed by atoms with E-state index in [1.165, 1.54) is 0 Å². The third-order valence-corrected chi connectivity index (χ3v) is 1.59. The van der Waals surface area contributed by atoms with Gasteiger partial charge in [-0.2, -0.15) is 0 Å². The minimum atomic E-state index is -0.111. The standard InChI is InChI=1S/C5H10ClNO/c1-3-5(6)4(2)7-8/h5,8H,3H2,1-2H3. The summed E-state index contributed by atoms with van der Waals surface area (Å²) < 4.78 is 0. The van der Waals surface area contributed by atoms with E-state index < -0.39 is 0 Å². The zero-order valence-corrected chi connectivity index (χ0v) is 5.81. The zero-order valence-electron chi connectivity index (χ0n) is 5.06. The van der Waals surface area contributed by atoms with E-state index in [0.717, 1.165) is 6.42 Å². The van der Waals surface area contributed by atoms with Gasteiger partial charge in [0.05, 0.1) is 11.1 Å². The number of oxime groups is 1. The van der Waals surface area contributed by atoms with Crippen LogP contribution in [0.25, 0.3) is 0 Å². The van der Waals surface area contributed by atoms with Crippen LogP contribution in [-0.4, -0.2) is 16.3 Å². The van der Waals surface area contributed by atoms with E-state index in [2.05, 4.69) is 5.16 Å². The van der Waals surface area contributed by atoms with Crippen LogP contribution in [0, 0.1) is 0 Å². The summed E-state index contributed by atoms with van der Waals surface area (Å²) in [4.78, 5) is 0. The maximum atomic E-state index is 8.14. The summed E-state index contributed by atoms with van der Waals surface area (Å²) in [5.41, 5.74) is 0.578. The number of hydrogen-bond donors (Lipinski definition) is 1. The van der Waals surface area contributed by atoms with E-state index in [0.29, 0.717) is 5.71 Å². The lowest BCUT2D eigenvalue weighted by Gasteiger charge is -2.00. The van der Waals surface area contributed by atoms with Gasteiger partial charge in [0.2, 0.25) is 0 Å². The first kappa shape index (κ1) is 7.76. The summed E-state index contributed by atoms with van der Waals surface area (Å²) >= 11 is 5.63. The molecule has 48 valence electrons. The van der Waals surface area contributed by atoms with Crippen molar-refractivity contribution in [2.75, 3.05) is 0 Å². The lowest BCUT2D eigenvalue weighted by molar-refractivity contribution is 0.317. The van der Waals surface area contributed by atoms with E-state index in [9.17, 15) is 0 Å². The molecule has 1 atom stereocenters. The van der Waals surface area contributed by atoms with Gasteiger partial charge in [-0.1, -0.05) is 12.1 Å². The molecule has 3 heteroatoms. The molecule has 1 N–H and O–H groups in total. The van der Waals surface area contributed by atoms with Crippen molar-refractivity contribution in [3.05, 3.63) is 0 Å². The van der Waals surface area contributed by atoms with Gasteiger partial charge in [0, 0.05) is 0 Å². The first-order chi connectivity index (χ1) is 3.72. The van der Waals surface area contributed by atoms with Gasteiger partial charge in [-0.25, -0.2) is 0 Å². The van der Waals surface area contributed by atoms with Crippen LogP contribution in [0.2, 0.25) is 0 Å². The Morgan fingerprint density at radius 2 is 2.38 bits per heavy atom. The van der Waals surface area contributed by atoms with Crippen molar-refractivity contribution in [3.63, 3.8) is 0 Å². The molecular weight excluding hydrogens is 126 g/mol. The van der Waals surface area contributed by atoms with Gasteiger partial charge >= 0.3 is 0 Å². The molecule has 0 aliphatic rings. The van der Waals surface area contributed by atoms with Crippen LogP contribution in [0.3, 0.4) is 0 Å². The Kier molecular flexibility index (Phi) is 3.61. The highest BCUT2D eigenvalue weighted by Crippen LogP contribution is 2.02. The third kappa shape index (κ3) is 2.17. The third-order valence-electron chi connectivity index (χ3n) is 0.969. The molecule has 0 radical (unpaired) electrons. The SMILES string of the molecule is CCC(Cl)C(C)=NO. The summed E-state index contributed by atoms with van der Waals surface area (Å²) in [6.45, 7) is 3.63. The van der Waals surface area contributed by atoms with Crippen LogP contribution < -0.4 is 0 Å². The van der Waals surface area contributed by atoms with Gasteiger partial charge in [-0.15, -0.1) is 11.6 Å². The first-order valence-electron chi connectivity index (χ1n) is 2.55. The van der Waals surface area contributed by atoms with E-state index in [4.69, 9.17) is 16.8 Å². The number of nitrogens with zero attached hydrogens (tertiary/aromatic N) is 1. The molecule has 0 aromatic rings. The number of halogens is 1. The number of alkyl halides is 1. The van der Waals surface area contributed by atoms with Crippen LogP contribution in [0.4, 0.5) is 0 Å². The predicted octanol–water partition coefficient (Wildman–Crippen LogP) is 1.85. The second kappa shape index (κ2) is 3.72. The van der Waals surface area contributed by atoms with Crippen molar-refractivity contribution >= 4 is 17.3 Å². The molecule has 0 rings (SSSR count). The van der Waals surface area contributed by atoms with Crippen molar-refractivity contribution < 1.29 is 5.21 Å². The molecule has 0 spiro atoms. The Morgan fingerprint density at radius 3 is 2.50 bits per heavy atom. The van der Waals surface area contributed by atoms with Crippen LogP contribution in [0.5, 0.6) is 0 Å². The lowest BCUT2D eigenvalue weighted by atomic mass is 10.2. The molecule has 0 aliphatic carbocycles. The highest BCUT2D eigenvalue weighted by molar-refractivity contribution is 6.31. The average Bonchev–Trinajstić information content (AvgIpc) is 1.84. The predicted molar refractivity (Wildman–Crippen MR) is 34.8 cm³/mol. The van der Waals surface area contributed by atoms with Crippen molar-refractivity contribution in [3.8, 4) is 0 Å². The molecule has 0 heterocycles. The molecule has 0 saturated carbocycles. The lowest BCUT2D eigenvalue weighted by Crippen LogP contribution is -2.08. The fraction of sp³-hybridized carbons (Fsp3) is 0.800. The smallest absolute Gasteiger partial charge is 0.0745 e. The average molecular weight is 136 g/mol. The highest BCUT2D eigenvalue weighted by Gasteiger charge is 2.03. The normalized spacial score (nSPS) is 16.1. The zero-order chi connectivity index (χ0) is 6.57. The Bertz CT molecular complexity index is 92.4. The van der Waals surface area contributed by atoms with Crippen LogP contribution in [-0.2, 0) is 0 Å². The van der Waals surface area contributed by atoms with E-state index in [1.807, 2.05) is 6.92 Å². The molecule has 0 aromatic carbocycles. The molecule has 1 unspecified atom stereocenters. The van der Waals surface area contributed by atoms with Crippen LogP contribution in [0.15, 0.2) is 5.16 Å². The molecule has 0 fully saturated rings. The fourth-order valence-corrected chi connectivity index (χ4v) is 0.402. The maximum absolute atomic E-state index is 8.14. The minimum Gasteiger partial charge on any atom is -0.411 e. The van der Waals surface area contributed by atoms with Crippen molar-refractivity contribution in [2.24, 2.45) is 5.16 Å². The van der Waals surface area contributed by atoms with Crippen molar-refractivity contribution in [2.45, 2.75) is 25.6 Å². The summed E-state index contributed by atoms with van der Waals surface area (Å²) in [5.74, 6) is 0. The van der Waals surface area contributed by atoms with E-state index >= 15 is 0 Å². The largest absolute Gasteiger partial charge is 0.411 e. The molecule has 0 bridgehead atoms. The second-order valence-corrected chi connectivity index (χ2v) is 2.14.